The Morgan fingerprint density at radius 2 is 2.18 bits per heavy atom. The highest BCUT2D eigenvalue weighted by atomic mass is 32.1. The van der Waals surface area contributed by atoms with Gasteiger partial charge in [-0.3, -0.25) is 0 Å². The normalized spacial score (nSPS) is 13.9. The molecule has 0 aliphatic rings. The minimum atomic E-state index is 0.105. The van der Waals surface area contributed by atoms with Crippen molar-refractivity contribution < 1.29 is 0 Å². The van der Waals surface area contributed by atoms with Crippen LogP contribution < -0.4 is 5.73 Å². The number of aromatic nitrogens is 1. The number of hydrogen-bond donors (Lipinski definition) is 1. The summed E-state index contributed by atoms with van der Waals surface area (Å²) in [6.07, 6.45) is 0. The van der Waals surface area contributed by atoms with Crippen molar-refractivity contribution in [3.05, 3.63) is 16.1 Å². The van der Waals surface area contributed by atoms with E-state index in [0.29, 0.717) is 5.92 Å². The van der Waals surface area contributed by atoms with Crippen molar-refractivity contribution >= 4 is 11.3 Å². The molecule has 2 nitrogen and oxygen atoms in total. The van der Waals surface area contributed by atoms with Crippen LogP contribution in [0.15, 0.2) is 5.38 Å². The van der Waals surface area contributed by atoms with Crippen LogP contribution in [-0.4, -0.2) is 4.98 Å². The molecule has 0 aliphatic heterocycles. The number of nitrogens with zero attached hydrogens (tertiary/aromatic N) is 1. The highest BCUT2D eigenvalue weighted by Gasteiger charge is 2.12. The van der Waals surface area contributed by atoms with Crippen LogP contribution in [0.25, 0.3) is 0 Å². The maximum atomic E-state index is 5.90. The van der Waals surface area contributed by atoms with Crippen LogP contribution >= 0.6 is 11.3 Å². The molecule has 0 saturated heterocycles. The summed E-state index contributed by atoms with van der Waals surface area (Å²) in [5, 5.41) is 3.09. The quantitative estimate of drug-likeness (QED) is 0.738. The van der Waals surface area contributed by atoms with Crippen LogP contribution in [0.3, 0.4) is 0 Å². The molecule has 1 aromatic heterocycles. The Labute approximate surface area is 71.5 Å². The van der Waals surface area contributed by atoms with Gasteiger partial charge in [0.2, 0.25) is 0 Å². The van der Waals surface area contributed by atoms with E-state index in [1.54, 1.807) is 11.3 Å². The number of aryl methyl sites for hydroxylation is 1. The molecule has 0 amide bonds. The lowest BCUT2D eigenvalue weighted by molar-refractivity contribution is 0.511. The molecule has 0 saturated carbocycles. The van der Waals surface area contributed by atoms with Gasteiger partial charge in [-0.1, -0.05) is 13.8 Å². The van der Waals surface area contributed by atoms with Crippen molar-refractivity contribution in [3.63, 3.8) is 0 Å². The lowest BCUT2D eigenvalue weighted by Gasteiger charge is -2.11. The van der Waals surface area contributed by atoms with Gasteiger partial charge >= 0.3 is 0 Å². The highest BCUT2D eigenvalue weighted by molar-refractivity contribution is 7.09. The van der Waals surface area contributed by atoms with E-state index in [4.69, 9.17) is 5.73 Å². The Kier molecular flexibility index (Phi) is 2.62. The molecule has 1 rings (SSSR count). The maximum absolute atomic E-state index is 5.90. The molecule has 0 unspecified atom stereocenters. The molecule has 1 aromatic rings. The van der Waals surface area contributed by atoms with Gasteiger partial charge < -0.3 is 5.73 Å². The third kappa shape index (κ3) is 2.01. The first-order valence-electron chi connectivity index (χ1n) is 3.79. The molecule has 0 radical (unpaired) electrons. The monoisotopic (exact) mass is 170 g/mol. The van der Waals surface area contributed by atoms with Gasteiger partial charge in [0.05, 0.1) is 6.04 Å². The second kappa shape index (κ2) is 3.32. The summed E-state index contributed by atoms with van der Waals surface area (Å²) in [7, 11) is 0. The van der Waals surface area contributed by atoms with Gasteiger partial charge in [0.25, 0.3) is 0 Å². The average Bonchev–Trinajstić information content (AvgIpc) is 2.34. The summed E-state index contributed by atoms with van der Waals surface area (Å²) in [5.41, 5.74) is 6.97. The van der Waals surface area contributed by atoms with Crippen molar-refractivity contribution in [1.29, 1.82) is 0 Å². The summed E-state index contributed by atoms with van der Waals surface area (Å²) < 4.78 is 0. The summed E-state index contributed by atoms with van der Waals surface area (Å²) in [5.74, 6) is 0.473. The molecule has 1 heterocycles. The van der Waals surface area contributed by atoms with Crippen LogP contribution in [0.5, 0.6) is 0 Å². The molecule has 11 heavy (non-hydrogen) atoms. The number of thiazole rings is 1. The summed E-state index contributed by atoms with van der Waals surface area (Å²) in [4.78, 5) is 4.33. The minimum Gasteiger partial charge on any atom is -0.322 e. The first-order chi connectivity index (χ1) is 5.11. The van der Waals surface area contributed by atoms with E-state index in [9.17, 15) is 0 Å². The van der Waals surface area contributed by atoms with E-state index in [-0.39, 0.29) is 6.04 Å². The zero-order valence-corrected chi connectivity index (χ0v) is 7.98. The lowest BCUT2D eigenvalue weighted by atomic mass is 10.1. The van der Waals surface area contributed by atoms with Gasteiger partial charge in [0, 0.05) is 11.1 Å². The zero-order chi connectivity index (χ0) is 8.43. The molecular formula is C8H14N2S. The van der Waals surface area contributed by atoms with Gasteiger partial charge in [-0.25, -0.2) is 4.98 Å². The predicted molar refractivity (Wildman–Crippen MR) is 48.6 cm³/mol. The van der Waals surface area contributed by atoms with Crippen LogP contribution in [0.4, 0.5) is 0 Å². The second-order valence-corrected chi connectivity index (χ2v) is 3.99. The van der Waals surface area contributed by atoms with E-state index >= 15 is 0 Å². The maximum Gasteiger partial charge on any atom is 0.110 e. The van der Waals surface area contributed by atoms with E-state index in [2.05, 4.69) is 18.8 Å². The molecule has 0 aromatic carbocycles. The Balaban J connectivity index is 2.76. The largest absolute Gasteiger partial charge is 0.322 e. The summed E-state index contributed by atoms with van der Waals surface area (Å²) in [6.45, 7) is 6.22. The molecule has 3 heteroatoms. The van der Waals surface area contributed by atoms with Crippen molar-refractivity contribution in [1.82, 2.24) is 4.98 Å². The van der Waals surface area contributed by atoms with Crippen LogP contribution in [-0.2, 0) is 0 Å². The van der Waals surface area contributed by atoms with E-state index in [1.807, 2.05) is 12.3 Å². The minimum absolute atomic E-state index is 0.105. The van der Waals surface area contributed by atoms with E-state index in [1.165, 1.54) is 0 Å². The van der Waals surface area contributed by atoms with E-state index in [0.717, 1.165) is 10.7 Å². The fourth-order valence-corrected chi connectivity index (χ4v) is 1.78. The van der Waals surface area contributed by atoms with Gasteiger partial charge in [-0.2, -0.15) is 0 Å². The van der Waals surface area contributed by atoms with Gasteiger partial charge in [-0.15, -0.1) is 11.3 Å². The fourth-order valence-electron chi connectivity index (χ4n) is 0.810. The van der Waals surface area contributed by atoms with Crippen molar-refractivity contribution in [2.45, 2.75) is 26.8 Å². The number of hydrogen-bond acceptors (Lipinski definition) is 3. The standard InChI is InChI=1S/C8H14N2S/c1-5(2)7(9)8-10-6(3)4-11-8/h4-5,7H,9H2,1-3H3/t7-/m0/s1. The molecule has 0 spiro atoms. The van der Waals surface area contributed by atoms with Gasteiger partial charge in [0.1, 0.15) is 5.01 Å². The average molecular weight is 170 g/mol. The number of rotatable bonds is 2. The van der Waals surface area contributed by atoms with Gasteiger partial charge in [0.15, 0.2) is 0 Å². The topological polar surface area (TPSA) is 38.9 Å². The predicted octanol–water partition coefficient (Wildman–Crippen LogP) is 2.11. The smallest absolute Gasteiger partial charge is 0.110 e. The molecule has 62 valence electrons. The third-order valence-electron chi connectivity index (χ3n) is 1.64. The first-order valence-corrected chi connectivity index (χ1v) is 4.67. The molecule has 0 aliphatic carbocycles. The summed E-state index contributed by atoms with van der Waals surface area (Å²) >= 11 is 1.65. The Morgan fingerprint density at radius 3 is 2.55 bits per heavy atom. The van der Waals surface area contributed by atoms with Crippen molar-refractivity contribution in [2.24, 2.45) is 11.7 Å². The zero-order valence-electron chi connectivity index (χ0n) is 7.16. The van der Waals surface area contributed by atoms with Crippen LogP contribution in [0, 0.1) is 12.8 Å². The Bertz CT molecular complexity index is 230. The van der Waals surface area contributed by atoms with Crippen LogP contribution in [0.2, 0.25) is 0 Å². The van der Waals surface area contributed by atoms with Gasteiger partial charge in [-0.05, 0) is 12.8 Å². The van der Waals surface area contributed by atoms with Crippen LogP contribution in [0.1, 0.15) is 30.6 Å². The Morgan fingerprint density at radius 1 is 1.55 bits per heavy atom. The first kappa shape index (κ1) is 8.68. The lowest BCUT2D eigenvalue weighted by Crippen LogP contribution is -2.16. The molecule has 1 atom stereocenters. The third-order valence-corrected chi connectivity index (χ3v) is 2.70. The molecular weight excluding hydrogens is 156 g/mol. The van der Waals surface area contributed by atoms with Crippen molar-refractivity contribution in [3.8, 4) is 0 Å². The SMILES string of the molecule is Cc1csc([C@@H](N)C(C)C)n1. The molecule has 2 N–H and O–H groups in total. The number of nitrogens with two attached hydrogens (primary N) is 1. The second-order valence-electron chi connectivity index (χ2n) is 3.10. The van der Waals surface area contributed by atoms with E-state index < -0.39 is 0 Å². The molecule has 0 fully saturated rings. The highest BCUT2D eigenvalue weighted by Crippen LogP contribution is 2.21. The van der Waals surface area contributed by atoms with Crippen molar-refractivity contribution in [2.75, 3.05) is 0 Å². The fraction of sp³-hybridized carbons (Fsp3) is 0.625. The summed E-state index contributed by atoms with van der Waals surface area (Å²) in [6, 6.07) is 0.105. The Hall–Kier alpha value is -0.410. The molecule has 0 bridgehead atoms.